The van der Waals surface area contributed by atoms with E-state index in [1.54, 1.807) is 0 Å². The normalized spacial score (nSPS) is 13.3. The zero-order valence-corrected chi connectivity index (χ0v) is 11.0. The largest absolute Gasteiger partial charge is 0.307 e. The van der Waals surface area contributed by atoms with Gasteiger partial charge in [-0.2, -0.15) is 5.10 Å². The summed E-state index contributed by atoms with van der Waals surface area (Å²) in [6.07, 6.45) is 7.65. The summed E-state index contributed by atoms with van der Waals surface area (Å²) in [5.74, 6) is 0. The molecule has 0 spiro atoms. The van der Waals surface area contributed by atoms with Crippen LogP contribution in [0.15, 0.2) is 12.4 Å². The molecule has 0 bridgehead atoms. The predicted octanol–water partition coefficient (Wildman–Crippen LogP) is 3.13. The average molecular weight is 223 g/mol. The third kappa shape index (κ3) is 3.34. The third-order valence-electron chi connectivity index (χ3n) is 3.21. The Balaban J connectivity index is 2.66. The number of aromatic nitrogens is 2. The SMILES string of the molecule is CCC(CC)NC(CC)c1cnn(CC)c1. The van der Waals surface area contributed by atoms with E-state index in [1.165, 1.54) is 18.4 Å². The summed E-state index contributed by atoms with van der Waals surface area (Å²) in [6, 6.07) is 1.07. The summed E-state index contributed by atoms with van der Waals surface area (Å²) < 4.78 is 1.99. The average Bonchev–Trinajstić information content (AvgIpc) is 2.79. The van der Waals surface area contributed by atoms with E-state index in [4.69, 9.17) is 0 Å². The molecule has 3 heteroatoms. The maximum absolute atomic E-state index is 4.34. The second-order valence-electron chi connectivity index (χ2n) is 4.27. The van der Waals surface area contributed by atoms with Crippen molar-refractivity contribution in [3.8, 4) is 0 Å². The van der Waals surface area contributed by atoms with Gasteiger partial charge in [-0.15, -0.1) is 0 Å². The summed E-state index contributed by atoms with van der Waals surface area (Å²) in [7, 11) is 0. The van der Waals surface area contributed by atoms with Gasteiger partial charge < -0.3 is 5.32 Å². The highest BCUT2D eigenvalue weighted by Crippen LogP contribution is 2.17. The van der Waals surface area contributed by atoms with E-state index in [2.05, 4.69) is 44.3 Å². The van der Waals surface area contributed by atoms with Crippen molar-refractivity contribution in [2.75, 3.05) is 0 Å². The molecule has 1 aromatic heterocycles. The van der Waals surface area contributed by atoms with Crippen molar-refractivity contribution in [2.24, 2.45) is 0 Å². The van der Waals surface area contributed by atoms with Crippen LogP contribution in [-0.4, -0.2) is 15.8 Å². The van der Waals surface area contributed by atoms with Crippen LogP contribution in [0.5, 0.6) is 0 Å². The van der Waals surface area contributed by atoms with Gasteiger partial charge in [-0.1, -0.05) is 20.8 Å². The highest BCUT2D eigenvalue weighted by Gasteiger charge is 2.14. The smallest absolute Gasteiger partial charge is 0.0537 e. The van der Waals surface area contributed by atoms with Crippen molar-refractivity contribution in [2.45, 2.75) is 65.6 Å². The van der Waals surface area contributed by atoms with Crippen LogP contribution in [0.25, 0.3) is 0 Å². The topological polar surface area (TPSA) is 29.9 Å². The highest BCUT2D eigenvalue weighted by atomic mass is 15.3. The molecule has 0 amide bonds. The molecule has 3 nitrogen and oxygen atoms in total. The number of nitrogens with zero attached hydrogens (tertiary/aromatic N) is 2. The van der Waals surface area contributed by atoms with Crippen molar-refractivity contribution in [1.29, 1.82) is 0 Å². The Hall–Kier alpha value is -0.830. The lowest BCUT2D eigenvalue weighted by atomic mass is 10.1. The number of hydrogen-bond donors (Lipinski definition) is 1. The Labute approximate surface area is 99.2 Å². The van der Waals surface area contributed by atoms with Crippen molar-refractivity contribution in [3.63, 3.8) is 0 Å². The van der Waals surface area contributed by atoms with Crippen molar-refractivity contribution >= 4 is 0 Å². The zero-order chi connectivity index (χ0) is 12.0. The molecule has 1 unspecified atom stereocenters. The molecule has 0 saturated heterocycles. The second-order valence-corrected chi connectivity index (χ2v) is 4.27. The maximum Gasteiger partial charge on any atom is 0.0537 e. The minimum Gasteiger partial charge on any atom is -0.307 e. The number of nitrogens with one attached hydrogen (secondary N) is 1. The molecule has 1 rings (SSSR count). The second kappa shape index (κ2) is 6.69. The van der Waals surface area contributed by atoms with Crippen LogP contribution in [0.4, 0.5) is 0 Å². The number of rotatable bonds is 7. The molecule has 0 aromatic carbocycles. The van der Waals surface area contributed by atoms with Crippen LogP contribution in [0.1, 0.15) is 58.6 Å². The van der Waals surface area contributed by atoms with E-state index < -0.39 is 0 Å². The van der Waals surface area contributed by atoms with Gasteiger partial charge in [0.2, 0.25) is 0 Å². The van der Waals surface area contributed by atoms with Gasteiger partial charge >= 0.3 is 0 Å². The molecule has 1 aromatic rings. The first-order chi connectivity index (χ1) is 7.74. The molecule has 16 heavy (non-hydrogen) atoms. The minimum absolute atomic E-state index is 0.449. The first-order valence-corrected chi connectivity index (χ1v) is 6.53. The number of hydrogen-bond acceptors (Lipinski definition) is 2. The van der Waals surface area contributed by atoms with Gasteiger partial charge in [0.05, 0.1) is 6.20 Å². The molecule has 1 atom stereocenters. The lowest BCUT2D eigenvalue weighted by Crippen LogP contribution is -2.31. The Morgan fingerprint density at radius 1 is 1.19 bits per heavy atom. The lowest BCUT2D eigenvalue weighted by Gasteiger charge is -2.22. The summed E-state index contributed by atoms with van der Waals surface area (Å²) in [6.45, 7) is 9.77. The van der Waals surface area contributed by atoms with E-state index >= 15 is 0 Å². The molecule has 0 aliphatic heterocycles. The summed E-state index contributed by atoms with van der Waals surface area (Å²) in [4.78, 5) is 0. The van der Waals surface area contributed by atoms with Gasteiger partial charge in [0, 0.05) is 30.4 Å². The molecular formula is C13H25N3. The van der Waals surface area contributed by atoms with Gasteiger partial charge in [-0.3, -0.25) is 4.68 Å². The van der Waals surface area contributed by atoms with Gasteiger partial charge in [0.15, 0.2) is 0 Å². The summed E-state index contributed by atoms with van der Waals surface area (Å²) in [5, 5.41) is 8.04. The molecule has 0 radical (unpaired) electrons. The Morgan fingerprint density at radius 2 is 1.88 bits per heavy atom. The zero-order valence-electron chi connectivity index (χ0n) is 11.0. The highest BCUT2D eigenvalue weighted by molar-refractivity contribution is 5.10. The van der Waals surface area contributed by atoms with Gasteiger partial charge in [-0.25, -0.2) is 0 Å². The maximum atomic E-state index is 4.34. The first-order valence-electron chi connectivity index (χ1n) is 6.53. The molecule has 92 valence electrons. The van der Waals surface area contributed by atoms with Gasteiger partial charge in [0.25, 0.3) is 0 Å². The fraction of sp³-hybridized carbons (Fsp3) is 0.769. The molecule has 1 N–H and O–H groups in total. The number of aryl methyl sites for hydroxylation is 1. The fourth-order valence-electron chi connectivity index (χ4n) is 1.99. The predicted molar refractivity (Wildman–Crippen MR) is 68.4 cm³/mol. The molecular weight excluding hydrogens is 198 g/mol. The molecule has 1 heterocycles. The molecule has 0 aliphatic carbocycles. The van der Waals surface area contributed by atoms with Crippen LogP contribution in [-0.2, 0) is 6.54 Å². The Morgan fingerprint density at radius 3 is 2.31 bits per heavy atom. The van der Waals surface area contributed by atoms with Gasteiger partial charge in [0.1, 0.15) is 0 Å². The van der Waals surface area contributed by atoms with E-state index in [0.717, 1.165) is 13.0 Å². The quantitative estimate of drug-likeness (QED) is 0.769. The fourth-order valence-corrected chi connectivity index (χ4v) is 1.99. The van der Waals surface area contributed by atoms with Crippen LogP contribution in [0.2, 0.25) is 0 Å². The molecule has 0 saturated carbocycles. The van der Waals surface area contributed by atoms with E-state index in [9.17, 15) is 0 Å². The van der Waals surface area contributed by atoms with E-state index in [-0.39, 0.29) is 0 Å². The standard InChI is InChI=1S/C13H25N3/c1-5-12(6-2)15-13(7-3)11-9-14-16(8-4)10-11/h9-10,12-13,15H,5-8H2,1-4H3. The van der Waals surface area contributed by atoms with Crippen LogP contribution < -0.4 is 5.32 Å². The minimum atomic E-state index is 0.449. The Bertz CT molecular complexity index is 289. The van der Waals surface area contributed by atoms with Crippen LogP contribution >= 0.6 is 0 Å². The molecule has 0 fully saturated rings. The summed E-state index contributed by atoms with van der Waals surface area (Å²) >= 11 is 0. The lowest BCUT2D eigenvalue weighted by molar-refractivity contribution is 0.407. The summed E-state index contributed by atoms with van der Waals surface area (Å²) in [5.41, 5.74) is 1.32. The van der Waals surface area contributed by atoms with Crippen molar-refractivity contribution in [3.05, 3.63) is 18.0 Å². The van der Waals surface area contributed by atoms with E-state index in [0.29, 0.717) is 12.1 Å². The monoisotopic (exact) mass is 223 g/mol. The van der Waals surface area contributed by atoms with Crippen LogP contribution in [0.3, 0.4) is 0 Å². The molecule has 0 aliphatic rings. The van der Waals surface area contributed by atoms with Crippen molar-refractivity contribution in [1.82, 2.24) is 15.1 Å². The van der Waals surface area contributed by atoms with E-state index in [1.807, 2.05) is 10.9 Å². The first kappa shape index (κ1) is 13.2. The van der Waals surface area contributed by atoms with Crippen LogP contribution in [0, 0.1) is 0 Å². The Kier molecular flexibility index (Phi) is 5.53. The van der Waals surface area contributed by atoms with Crippen molar-refractivity contribution < 1.29 is 0 Å². The third-order valence-corrected chi connectivity index (χ3v) is 3.21. The van der Waals surface area contributed by atoms with Gasteiger partial charge in [-0.05, 0) is 26.2 Å².